The summed E-state index contributed by atoms with van der Waals surface area (Å²) in [7, 11) is -0.369. The van der Waals surface area contributed by atoms with Crippen LogP contribution in [0.5, 0.6) is 0 Å². The largest absolute Gasteiger partial charge is 0.411 e. The minimum Gasteiger partial charge on any atom is -0.411 e. The van der Waals surface area contributed by atoms with Gasteiger partial charge in [0.05, 0.1) is 0 Å². The lowest BCUT2D eigenvalue weighted by Gasteiger charge is -2.28. The quantitative estimate of drug-likeness (QED) is 0.668. The van der Waals surface area contributed by atoms with Crippen LogP contribution in [0.1, 0.15) is 0 Å². The van der Waals surface area contributed by atoms with Crippen molar-refractivity contribution in [2.45, 2.75) is 6.55 Å². The van der Waals surface area contributed by atoms with E-state index in [1.165, 1.54) is 21.5 Å². The monoisotopic (exact) mass is 304 g/mol. The van der Waals surface area contributed by atoms with Crippen molar-refractivity contribution in [3.8, 4) is 11.1 Å². The molecule has 0 aliphatic carbocycles. The first-order chi connectivity index (χ1) is 10.8. The second-order valence-electron chi connectivity index (χ2n) is 5.52. The molecule has 0 N–H and O–H groups in total. The van der Waals surface area contributed by atoms with Gasteiger partial charge in [0.2, 0.25) is 0 Å². The van der Waals surface area contributed by atoms with E-state index >= 15 is 0 Å². The van der Waals surface area contributed by atoms with Crippen LogP contribution in [0.25, 0.3) is 11.1 Å². The van der Waals surface area contributed by atoms with Crippen molar-refractivity contribution in [3.05, 3.63) is 84.9 Å². The Hall–Kier alpha value is -2.16. The summed E-state index contributed by atoms with van der Waals surface area (Å²) >= 11 is 0. The van der Waals surface area contributed by atoms with Crippen LogP contribution < -0.4 is 10.4 Å². The normalized spacial score (nSPS) is 13.5. The minimum atomic E-state index is -2.20. The third-order valence-corrected chi connectivity index (χ3v) is 7.97. The average Bonchev–Trinajstić information content (AvgIpc) is 2.62. The zero-order valence-electron chi connectivity index (χ0n) is 13.0. The van der Waals surface area contributed by atoms with E-state index < -0.39 is 8.32 Å². The average molecular weight is 304 g/mol. The molecule has 0 fully saturated rings. The number of hydrogen-bond acceptors (Lipinski definition) is 1. The van der Waals surface area contributed by atoms with Gasteiger partial charge in [-0.25, -0.2) is 0 Å². The molecule has 3 aromatic rings. The Labute approximate surface area is 133 Å². The Kier molecular flexibility index (Phi) is 4.23. The van der Waals surface area contributed by atoms with Crippen LogP contribution in [0.2, 0.25) is 6.55 Å². The Balaban J connectivity index is 2.19. The molecule has 0 aliphatic heterocycles. The first-order valence-electron chi connectivity index (χ1n) is 7.51. The standard InChI is InChI=1S/C20H20OSi/c1-21-22(2,18-13-7-4-8-14-18)20-16-10-9-15-19(20)17-11-5-3-6-12-17/h3-16H,1-2H3. The Morgan fingerprint density at radius 1 is 0.682 bits per heavy atom. The zero-order chi connectivity index (χ0) is 15.4. The van der Waals surface area contributed by atoms with Gasteiger partial charge in [0.15, 0.2) is 0 Å². The highest BCUT2D eigenvalue weighted by Gasteiger charge is 2.34. The van der Waals surface area contributed by atoms with Gasteiger partial charge >= 0.3 is 0 Å². The van der Waals surface area contributed by atoms with Crippen molar-refractivity contribution in [3.63, 3.8) is 0 Å². The van der Waals surface area contributed by atoms with Gasteiger partial charge in [0, 0.05) is 7.11 Å². The molecule has 0 spiro atoms. The Bertz CT molecular complexity index is 740. The maximum atomic E-state index is 6.11. The molecule has 3 rings (SSSR count). The molecule has 1 unspecified atom stereocenters. The molecule has 0 saturated heterocycles. The molecule has 110 valence electrons. The van der Waals surface area contributed by atoms with E-state index in [0.29, 0.717) is 0 Å². The fourth-order valence-corrected chi connectivity index (χ4v) is 5.66. The number of rotatable bonds is 4. The van der Waals surface area contributed by atoms with Crippen LogP contribution in [0.15, 0.2) is 84.9 Å². The molecule has 3 aromatic carbocycles. The number of hydrogen-bond donors (Lipinski definition) is 0. The van der Waals surface area contributed by atoms with E-state index in [-0.39, 0.29) is 0 Å². The smallest absolute Gasteiger partial charge is 0.252 e. The summed E-state index contributed by atoms with van der Waals surface area (Å²) in [6.45, 7) is 2.27. The highest BCUT2D eigenvalue weighted by atomic mass is 28.4. The molecule has 0 bridgehead atoms. The lowest BCUT2D eigenvalue weighted by molar-refractivity contribution is 0.421. The Morgan fingerprint density at radius 3 is 1.86 bits per heavy atom. The molecule has 0 saturated carbocycles. The van der Waals surface area contributed by atoms with Gasteiger partial charge in [0.1, 0.15) is 0 Å². The summed E-state index contributed by atoms with van der Waals surface area (Å²) in [6, 6.07) is 29.7. The molecule has 0 heterocycles. The van der Waals surface area contributed by atoms with Crippen molar-refractivity contribution >= 4 is 18.7 Å². The van der Waals surface area contributed by atoms with Crippen LogP contribution in [-0.2, 0) is 4.43 Å². The first kappa shape index (κ1) is 14.8. The molecule has 2 heteroatoms. The third-order valence-electron chi connectivity index (χ3n) is 4.26. The summed E-state index contributed by atoms with van der Waals surface area (Å²) in [5, 5.41) is 2.61. The maximum absolute atomic E-state index is 6.11. The van der Waals surface area contributed by atoms with Gasteiger partial charge in [-0.05, 0) is 28.0 Å². The Morgan fingerprint density at radius 2 is 1.23 bits per heavy atom. The van der Waals surface area contributed by atoms with Crippen LogP contribution in [0, 0.1) is 0 Å². The predicted molar refractivity (Wildman–Crippen MR) is 96.2 cm³/mol. The second-order valence-corrected chi connectivity index (χ2v) is 9.11. The predicted octanol–water partition coefficient (Wildman–Crippen LogP) is 3.69. The SMILES string of the molecule is CO[Si](C)(c1ccccc1)c1ccccc1-c1ccccc1. The molecule has 0 radical (unpaired) electrons. The fraction of sp³-hybridized carbons (Fsp3) is 0.100. The summed E-state index contributed by atoms with van der Waals surface area (Å²) in [6.07, 6.45) is 0. The molecule has 0 amide bonds. The molecular formula is C20H20OSi. The van der Waals surface area contributed by atoms with Crippen LogP contribution in [-0.4, -0.2) is 15.4 Å². The molecule has 0 aromatic heterocycles. The van der Waals surface area contributed by atoms with Crippen molar-refractivity contribution in [2.24, 2.45) is 0 Å². The highest BCUT2D eigenvalue weighted by molar-refractivity contribution is 6.97. The van der Waals surface area contributed by atoms with E-state index in [1.54, 1.807) is 0 Å². The maximum Gasteiger partial charge on any atom is 0.252 e. The summed E-state index contributed by atoms with van der Waals surface area (Å²) in [4.78, 5) is 0. The second kappa shape index (κ2) is 6.30. The van der Waals surface area contributed by atoms with Crippen molar-refractivity contribution in [1.82, 2.24) is 0 Å². The summed E-state index contributed by atoms with van der Waals surface area (Å²) < 4.78 is 6.11. The lowest BCUT2D eigenvalue weighted by atomic mass is 10.1. The summed E-state index contributed by atoms with van der Waals surface area (Å²) in [5.41, 5.74) is 2.51. The summed E-state index contributed by atoms with van der Waals surface area (Å²) in [5.74, 6) is 0. The van der Waals surface area contributed by atoms with E-state index in [2.05, 4.69) is 91.5 Å². The van der Waals surface area contributed by atoms with Gasteiger partial charge < -0.3 is 4.43 Å². The first-order valence-corrected chi connectivity index (χ1v) is 9.92. The molecule has 1 atom stereocenters. The van der Waals surface area contributed by atoms with Gasteiger partial charge in [-0.1, -0.05) is 84.9 Å². The fourth-order valence-electron chi connectivity index (χ4n) is 2.91. The van der Waals surface area contributed by atoms with Crippen LogP contribution in [0.3, 0.4) is 0 Å². The number of benzene rings is 3. The van der Waals surface area contributed by atoms with Crippen molar-refractivity contribution in [1.29, 1.82) is 0 Å². The van der Waals surface area contributed by atoms with Gasteiger partial charge in [-0.15, -0.1) is 0 Å². The van der Waals surface area contributed by atoms with E-state index in [4.69, 9.17) is 4.43 Å². The molecular weight excluding hydrogens is 284 g/mol. The third kappa shape index (κ3) is 2.63. The molecule has 0 aliphatic rings. The molecule has 22 heavy (non-hydrogen) atoms. The minimum absolute atomic E-state index is 1.24. The van der Waals surface area contributed by atoms with Gasteiger partial charge in [-0.3, -0.25) is 0 Å². The van der Waals surface area contributed by atoms with Gasteiger partial charge in [-0.2, -0.15) is 0 Å². The zero-order valence-corrected chi connectivity index (χ0v) is 14.0. The highest BCUT2D eigenvalue weighted by Crippen LogP contribution is 2.20. The lowest BCUT2D eigenvalue weighted by Crippen LogP contribution is -2.58. The topological polar surface area (TPSA) is 9.23 Å². The van der Waals surface area contributed by atoms with E-state index in [9.17, 15) is 0 Å². The van der Waals surface area contributed by atoms with Crippen LogP contribution in [0.4, 0.5) is 0 Å². The van der Waals surface area contributed by atoms with E-state index in [0.717, 1.165) is 0 Å². The van der Waals surface area contributed by atoms with Gasteiger partial charge in [0.25, 0.3) is 8.32 Å². The van der Waals surface area contributed by atoms with Crippen molar-refractivity contribution in [2.75, 3.05) is 7.11 Å². The van der Waals surface area contributed by atoms with Crippen LogP contribution >= 0.6 is 0 Å². The van der Waals surface area contributed by atoms with E-state index in [1.807, 2.05) is 7.11 Å². The molecule has 1 nitrogen and oxygen atoms in total. The van der Waals surface area contributed by atoms with Crippen molar-refractivity contribution < 1.29 is 4.43 Å².